The number of benzene rings is 1. The third-order valence-electron chi connectivity index (χ3n) is 4.69. The first-order valence-corrected chi connectivity index (χ1v) is 9.09. The van der Waals surface area contributed by atoms with Gasteiger partial charge in [0.2, 0.25) is 0 Å². The van der Waals surface area contributed by atoms with E-state index in [4.69, 9.17) is 0 Å². The minimum absolute atomic E-state index is 0.706. The average Bonchev–Trinajstić information content (AvgIpc) is 3.31. The maximum Gasteiger partial charge on any atom is 0.00684 e. The van der Waals surface area contributed by atoms with Crippen molar-refractivity contribution in [3.8, 4) is 0 Å². The van der Waals surface area contributed by atoms with Crippen LogP contribution >= 0.6 is 0 Å². The minimum Gasteiger partial charge on any atom is -0.313 e. The molecule has 1 nitrogen and oxygen atoms in total. The lowest BCUT2D eigenvalue weighted by molar-refractivity contribution is 0.505. The van der Waals surface area contributed by atoms with Gasteiger partial charge in [0.05, 0.1) is 0 Å². The average molecular weight is 287 g/mol. The Balaban J connectivity index is 1.75. The monoisotopic (exact) mass is 287 g/mol. The molecular weight excluding hydrogens is 254 g/mol. The molecule has 21 heavy (non-hydrogen) atoms. The van der Waals surface area contributed by atoms with Gasteiger partial charge in [-0.15, -0.1) is 0 Å². The van der Waals surface area contributed by atoms with Crippen LogP contribution in [0.2, 0.25) is 0 Å². The molecule has 0 amide bonds. The fourth-order valence-corrected chi connectivity index (χ4v) is 2.99. The van der Waals surface area contributed by atoms with Crippen LogP contribution in [-0.4, -0.2) is 12.6 Å². The molecule has 1 aliphatic carbocycles. The van der Waals surface area contributed by atoms with E-state index in [2.05, 4.69) is 43.4 Å². The third kappa shape index (κ3) is 6.65. The van der Waals surface area contributed by atoms with Gasteiger partial charge in [0.15, 0.2) is 0 Å². The SMILES string of the molecule is CCCCCCCCC(CNC1CC1)c1ccc(C)cc1. The number of unbranched alkanes of at least 4 members (excludes halogenated alkanes) is 5. The van der Waals surface area contributed by atoms with Gasteiger partial charge in [-0.25, -0.2) is 0 Å². The van der Waals surface area contributed by atoms with Gasteiger partial charge >= 0.3 is 0 Å². The van der Waals surface area contributed by atoms with Crippen molar-refractivity contribution >= 4 is 0 Å². The Bertz CT molecular complexity index is 377. The Morgan fingerprint density at radius 1 is 1.00 bits per heavy atom. The number of rotatable bonds is 11. The number of hydrogen-bond donors (Lipinski definition) is 1. The van der Waals surface area contributed by atoms with Gasteiger partial charge in [-0.2, -0.15) is 0 Å². The molecule has 1 aliphatic rings. The van der Waals surface area contributed by atoms with Crippen LogP contribution in [0.15, 0.2) is 24.3 Å². The second-order valence-corrected chi connectivity index (χ2v) is 6.85. The van der Waals surface area contributed by atoms with Crippen molar-refractivity contribution in [2.75, 3.05) is 6.54 Å². The van der Waals surface area contributed by atoms with E-state index in [1.165, 1.54) is 75.5 Å². The molecule has 1 fully saturated rings. The van der Waals surface area contributed by atoms with Crippen molar-refractivity contribution in [1.29, 1.82) is 0 Å². The van der Waals surface area contributed by atoms with Crippen LogP contribution < -0.4 is 5.32 Å². The molecule has 0 aliphatic heterocycles. The number of hydrogen-bond acceptors (Lipinski definition) is 1. The molecule has 0 bridgehead atoms. The highest BCUT2D eigenvalue weighted by Crippen LogP contribution is 2.25. The van der Waals surface area contributed by atoms with E-state index in [0.717, 1.165) is 6.04 Å². The summed E-state index contributed by atoms with van der Waals surface area (Å²) >= 11 is 0. The van der Waals surface area contributed by atoms with Crippen molar-refractivity contribution in [2.24, 2.45) is 0 Å². The Labute approximate surface area is 131 Å². The van der Waals surface area contributed by atoms with E-state index >= 15 is 0 Å². The first-order valence-electron chi connectivity index (χ1n) is 9.09. The zero-order chi connectivity index (χ0) is 14.9. The van der Waals surface area contributed by atoms with E-state index in [1.807, 2.05) is 0 Å². The molecule has 1 aromatic rings. The Morgan fingerprint density at radius 3 is 2.33 bits per heavy atom. The van der Waals surface area contributed by atoms with Crippen LogP contribution in [0.5, 0.6) is 0 Å². The van der Waals surface area contributed by atoms with Crippen LogP contribution in [-0.2, 0) is 0 Å². The Morgan fingerprint density at radius 2 is 1.67 bits per heavy atom. The van der Waals surface area contributed by atoms with Gasteiger partial charge < -0.3 is 5.32 Å². The zero-order valence-electron chi connectivity index (χ0n) is 14.0. The van der Waals surface area contributed by atoms with E-state index < -0.39 is 0 Å². The molecule has 2 rings (SSSR count). The van der Waals surface area contributed by atoms with Crippen LogP contribution in [0.4, 0.5) is 0 Å². The number of aryl methyl sites for hydroxylation is 1. The van der Waals surface area contributed by atoms with Crippen molar-refractivity contribution < 1.29 is 0 Å². The van der Waals surface area contributed by atoms with Crippen molar-refractivity contribution in [1.82, 2.24) is 5.32 Å². The molecule has 0 heterocycles. The highest BCUT2D eigenvalue weighted by molar-refractivity contribution is 5.24. The standard InChI is InChI=1S/C20H33N/c1-3-4-5-6-7-8-9-19(16-21-20-14-15-20)18-12-10-17(2)11-13-18/h10-13,19-21H,3-9,14-16H2,1-2H3. The summed E-state index contributed by atoms with van der Waals surface area (Å²) in [6.45, 7) is 5.63. The molecule has 118 valence electrons. The van der Waals surface area contributed by atoms with Crippen molar-refractivity contribution in [3.63, 3.8) is 0 Å². The molecule has 0 radical (unpaired) electrons. The largest absolute Gasteiger partial charge is 0.313 e. The first kappa shape index (κ1) is 16.5. The quantitative estimate of drug-likeness (QED) is 0.524. The van der Waals surface area contributed by atoms with Gasteiger partial charge in [-0.1, -0.05) is 75.3 Å². The predicted octanol–water partition coefficient (Wildman–Crippen LogP) is 5.58. The topological polar surface area (TPSA) is 12.0 Å². The fraction of sp³-hybridized carbons (Fsp3) is 0.700. The molecule has 0 spiro atoms. The second-order valence-electron chi connectivity index (χ2n) is 6.85. The third-order valence-corrected chi connectivity index (χ3v) is 4.69. The molecule has 1 atom stereocenters. The summed E-state index contributed by atoms with van der Waals surface area (Å²) in [7, 11) is 0. The summed E-state index contributed by atoms with van der Waals surface area (Å²) in [5, 5.41) is 3.73. The minimum atomic E-state index is 0.706. The van der Waals surface area contributed by atoms with E-state index in [1.54, 1.807) is 0 Å². The van der Waals surface area contributed by atoms with Crippen molar-refractivity contribution in [3.05, 3.63) is 35.4 Å². The summed E-state index contributed by atoms with van der Waals surface area (Å²) in [5.74, 6) is 0.706. The van der Waals surface area contributed by atoms with Gasteiger partial charge in [0.1, 0.15) is 0 Å². The predicted molar refractivity (Wildman–Crippen MR) is 92.9 cm³/mol. The smallest absolute Gasteiger partial charge is 0.00684 e. The van der Waals surface area contributed by atoms with Crippen LogP contribution in [0.25, 0.3) is 0 Å². The molecule has 0 aromatic heterocycles. The molecule has 1 aromatic carbocycles. The second kappa shape index (κ2) is 9.25. The highest BCUT2D eigenvalue weighted by Gasteiger charge is 2.22. The molecular formula is C20H33N. The van der Waals surface area contributed by atoms with Gasteiger partial charge in [-0.05, 0) is 37.7 Å². The lowest BCUT2D eigenvalue weighted by atomic mass is 9.92. The Hall–Kier alpha value is -0.820. The molecule has 1 unspecified atom stereocenters. The summed E-state index contributed by atoms with van der Waals surface area (Å²) in [6.07, 6.45) is 12.5. The number of nitrogens with one attached hydrogen (secondary N) is 1. The molecule has 1 N–H and O–H groups in total. The van der Waals surface area contributed by atoms with Gasteiger partial charge in [-0.3, -0.25) is 0 Å². The summed E-state index contributed by atoms with van der Waals surface area (Å²) in [5.41, 5.74) is 2.90. The van der Waals surface area contributed by atoms with Gasteiger partial charge in [0.25, 0.3) is 0 Å². The zero-order valence-corrected chi connectivity index (χ0v) is 14.0. The van der Waals surface area contributed by atoms with E-state index in [-0.39, 0.29) is 0 Å². The molecule has 0 saturated heterocycles. The summed E-state index contributed by atoms with van der Waals surface area (Å²) in [4.78, 5) is 0. The highest BCUT2D eigenvalue weighted by atomic mass is 14.9. The summed E-state index contributed by atoms with van der Waals surface area (Å²) < 4.78 is 0. The molecule has 1 saturated carbocycles. The van der Waals surface area contributed by atoms with E-state index in [0.29, 0.717) is 5.92 Å². The van der Waals surface area contributed by atoms with E-state index in [9.17, 15) is 0 Å². The van der Waals surface area contributed by atoms with Crippen LogP contribution in [0, 0.1) is 6.92 Å². The van der Waals surface area contributed by atoms with Crippen molar-refractivity contribution in [2.45, 2.75) is 83.6 Å². The lowest BCUT2D eigenvalue weighted by Crippen LogP contribution is -2.23. The maximum absolute atomic E-state index is 3.73. The lowest BCUT2D eigenvalue weighted by Gasteiger charge is -2.18. The maximum atomic E-state index is 3.73. The van der Waals surface area contributed by atoms with Crippen LogP contribution in [0.3, 0.4) is 0 Å². The van der Waals surface area contributed by atoms with Gasteiger partial charge in [0, 0.05) is 12.6 Å². The Kier molecular flexibility index (Phi) is 7.29. The van der Waals surface area contributed by atoms with Crippen LogP contribution in [0.1, 0.15) is 81.8 Å². The first-order chi connectivity index (χ1) is 10.3. The fourth-order valence-electron chi connectivity index (χ4n) is 2.99. The normalized spacial score (nSPS) is 16.1. The molecule has 1 heteroatoms. The summed E-state index contributed by atoms with van der Waals surface area (Å²) in [6, 6.07) is 10.0.